The largest absolute Gasteiger partial charge is 0.490 e. The predicted molar refractivity (Wildman–Crippen MR) is 123 cm³/mol. The SMILES string of the molecule is CCNC(=NCc1ccc(OC(F)F)c(OCC)c1)NC1CCC(SC)C1.I. The van der Waals surface area contributed by atoms with Crippen LogP contribution in [0.15, 0.2) is 23.2 Å². The number of halogens is 3. The lowest BCUT2D eigenvalue weighted by Crippen LogP contribution is -2.42. The molecule has 0 aromatic heterocycles. The molecule has 0 aliphatic heterocycles. The third kappa shape index (κ3) is 8.18. The number of nitrogens with one attached hydrogen (secondary N) is 2. The fourth-order valence-electron chi connectivity index (χ4n) is 3.08. The predicted octanol–water partition coefficient (Wildman–Crippen LogP) is 4.64. The molecule has 0 spiro atoms. The maximum absolute atomic E-state index is 12.5. The first-order valence-electron chi connectivity index (χ1n) is 9.33. The van der Waals surface area contributed by atoms with Crippen LogP contribution in [0.1, 0.15) is 38.7 Å². The van der Waals surface area contributed by atoms with E-state index in [4.69, 9.17) is 4.74 Å². The third-order valence-corrected chi connectivity index (χ3v) is 5.44. The van der Waals surface area contributed by atoms with Crippen LogP contribution in [-0.4, -0.2) is 43.3 Å². The van der Waals surface area contributed by atoms with Crippen LogP contribution in [-0.2, 0) is 6.54 Å². The number of guanidine groups is 1. The van der Waals surface area contributed by atoms with E-state index >= 15 is 0 Å². The molecule has 28 heavy (non-hydrogen) atoms. The van der Waals surface area contributed by atoms with Crippen molar-refractivity contribution in [3.8, 4) is 11.5 Å². The van der Waals surface area contributed by atoms with E-state index in [0.717, 1.165) is 30.9 Å². The van der Waals surface area contributed by atoms with Crippen LogP contribution >= 0.6 is 35.7 Å². The van der Waals surface area contributed by atoms with Gasteiger partial charge in [-0.15, -0.1) is 24.0 Å². The molecule has 1 aromatic carbocycles. The normalized spacial score (nSPS) is 19.3. The summed E-state index contributed by atoms with van der Waals surface area (Å²) in [6, 6.07) is 5.36. The number of hydrogen-bond acceptors (Lipinski definition) is 4. The number of benzene rings is 1. The van der Waals surface area contributed by atoms with E-state index in [1.165, 1.54) is 12.5 Å². The van der Waals surface area contributed by atoms with Gasteiger partial charge in [-0.3, -0.25) is 0 Å². The Balaban J connectivity index is 0.00000392. The second kappa shape index (κ2) is 13.3. The molecule has 0 radical (unpaired) electrons. The summed E-state index contributed by atoms with van der Waals surface area (Å²) in [4.78, 5) is 4.63. The van der Waals surface area contributed by atoms with Crippen molar-refractivity contribution in [2.24, 2.45) is 4.99 Å². The number of rotatable bonds is 9. The van der Waals surface area contributed by atoms with Crippen LogP contribution in [0.2, 0.25) is 0 Å². The molecule has 1 aliphatic carbocycles. The van der Waals surface area contributed by atoms with Gasteiger partial charge in [-0.05, 0) is 57.1 Å². The molecule has 1 aliphatic rings. The van der Waals surface area contributed by atoms with Gasteiger partial charge in [0.05, 0.1) is 13.2 Å². The number of hydrogen-bond donors (Lipinski definition) is 2. The Morgan fingerprint density at radius 3 is 2.68 bits per heavy atom. The highest BCUT2D eigenvalue weighted by Crippen LogP contribution is 2.30. The van der Waals surface area contributed by atoms with Gasteiger partial charge >= 0.3 is 6.61 Å². The Hall–Kier alpha value is -0.970. The van der Waals surface area contributed by atoms with Gasteiger partial charge in [-0.25, -0.2) is 4.99 Å². The maximum atomic E-state index is 12.5. The first kappa shape index (κ1) is 25.1. The molecule has 2 N–H and O–H groups in total. The molecule has 0 heterocycles. The fourth-order valence-corrected chi connectivity index (χ4v) is 3.88. The molecule has 160 valence electrons. The Bertz CT molecular complexity index is 623. The number of aliphatic imine (C=N–C) groups is 1. The Morgan fingerprint density at radius 2 is 2.07 bits per heavy atom. The molecule has 0 saturated heterocycles. The van der Waals surface area contributed by atoms with E-state index in [0.29, 0.717) is 30.2 Å². The van der Waals surface area contributed by atoms with Gasteiger partial charge in [0.2, 0.25) is 0 Å². The molecular weight excluding hydrogens is 499 g/mol. The van der Waals surface area contributed by atoms with Crippen molar-refractivity contribution < 1.29 is 18.3 Å². The quantitative estimate of drug-likeness (QED) is 0.277. The standard InChI is InChI=1S/C19H29F2N3O2S.HI/c1-4-22-19(24-14-7-8-15(11-14)27-3)23-12-13-6-9-16(26-18(20)21)17(10-13)25-5-2;/h6,9-10,14-15,18H,4-5,7-8,11-12H2,1-3H3,(H2,22,23,24);1H. The summed E-state index contributed by atoms with van der Waals surface area (Å²) in [5.74, 6) is 1.12. The average Bonchev–Trinajstić information content (AvgIpc) is 3.09. The summed E-state index contributed by atoms with van der Waals surface area (Å²) in [5, 5.41) is 7.48. The van der Waals surface area contributed by atoms with Crippen molar-refractivity contribution in [3.05, 3.63) is 23.8 Å². The first-order valence-corrected chi connectivity index (χ1v) is 10.6. The summed E-state index contributed by atoms with van der Waals surface area (Å²) in [6.07, 6.45) is 5.66. The Kier molecular flexibility index (Phi) is 11.9. The zero-order valence-electron chi connectivity index (χ0n) is 16.5. The summed E-state index contributed by atoms with van der Waals surface area (Å²) in [6.45, 7) is 2.51. The maximum Gasteiger partial charge on any atom is 0.387 e. The van der Waals surface area contributed by atoms with E-state index in [9.17, 15) is 8.78 Å². The minimum atomic E-state index is -2.88. The van der Waals surface area contributed by atoms with Crippen LogP contribution in [0.3, 0.4) is 0 Å². The van der Waals surface area contributed by atoms with Crippen molar-refractivity contribution in [1.29, 1.82) is 0 Å². The monoisotopic (exact) mass is 529 g/mol. The Labute approximate surface area is 187 Å². The third-order valence-electron chi connectivity index (χ3n) is 4.35. The van der Waals surface area contributed by atoms with Gasteiger partial charge in [0.1, 0.15) is 0 Å². The molecule has 2 rings (SSSR count). The molecule has 5 nitrogen and oxygen atoms in total. The molecule has 0 amide bonds. The average molecular weight is 529 g/mol. The van der Waals surface area contributed by atoms with Crippen molar-refractivity contribution in [2.75, 3.05) is 19.4 Å². The van der Waals surface area contributed by atoms with Crippen LogP contribution in [0, 0.1) is 0 Å². The highest BCUT2D eigenvalue weighted by Gasteiger charge is 2.24. The van der Waals surface area contributed by atoms with Gasteiger partial charge in [0.25, 0.3) is 0 Å². The molecule has 2 unspecified atom stereocenters. The van der Waals surface area contributed by atoms with E-state index < -0.39 is 6.61 Å². The minimum Gasteiger partial charge on any atom is -0.490 e. The molecular formula is C19H30F2IN3O2S. The minimum absolute atomic E-state index is 0. The van der Waals surface area contributed by atoms with Crippen molar-refractivity contribution in [3.63, 3.8) is 0 Å². The second-order valence-corrected chi connectivity index (χ2v) is 7.44. The summed E-state index contributed by atoms with van der Waals surface area (Å²) >= 11 is 1.92. The molecule has 1 saturated carbocycles. The van der Waals surface area contributed by atoms with Crippen LogP contribution < -0.4 is 20.1 Å². The lowest BCUT2D eigenvalue weighted by molar-refractivity contribution is -0.0514. The first-order chi connectivity index (χ1) is 13.0. The zero-order chi connectivity index (χ0) is 19.6. The van der Waals surface area contributed by atoms with Crippen molar-refractivity contribution in [1.82, 2.24) is 10.6 Å². The fraction of sp³-hybridized carbons (Fsp3) is 0.632. The number of thioether (sulfide) groups is 1. The van der Waals surface area contributed by atoms with Gasteiger partial charge < -0.3 is 20.1 Å². The van der Waals surface area contributed by atoms with Gasteiger partial charge in [-0.1, -0.05) is 6.07 Å². The topological polar surface area (TPSA) is 54.9 Å². The highest BCUT2D eigenvalue weighted by atomic mass is 127. The number of ether oxygens (including phenoxy) is 2. The van der Waals surface area contributed by atoms with Gasteiger partial charge in [0, 0.05) is 17.8 Å². The van der Waals surface area contributed by atoms with Gasteiger partial charge in [0.15, 0.2) is 17.5 Å². The van der Waals surface area contributed by atoms with E-state index in [1.54, 1.807) is 19.1 Å². The van der Waals surface area contributed by atoms with Crippen molar-refractivity contribution in [2.45, 2.75) is 57.6 Å². The van der Waals surface area contributed by atoms with Gasteiger partial charge in [-0.2, -0.15) is 20.5 Å². The van der Waals surface area contributed by atoms with Crippen LogP contribution in [0.5, 0.6) is 11.5 Å². The van der Waals surface area contributed by atoms with E-state index in [2.05, 4.69) is 26.6 Å². The molecule has 1 fully saturated rings. The Morgan fingerprint density at radius 1 is 1.29 bits per heavy atom. The number of nitrogens with zero attached hydrogens (tertiary/aromatic N) is 1. The lowest BCUT2D eigenvalue weighted by atomic mass is 10.2. The zero-order valence-corrected chi connectivity index (χ0v) is 19.7. The highest BCUT2D eigenvalue weighted by molar-refractivity contribution is 14.0. The smallest absolute Gasteiger partial charge is 0.387 e. The number of alkyl halides is 2. The molecule has 9 heteroatoms. The molecule has 2 atom stereocenters. The molecule has 0 bridgehead atoms. The summed E-state index contributed by atoms with van der Waals surface area (Å²) in [5.41, 5.74) is 0.866. The van der Waals surface area contributed by atoms with Crippen LogP contribution in [0.25, 0.3) is 0 Å². The lowest BCUT2D eigenvalue weighted by Gasteiger charge is -2.17. The van der Waals surface area contributed by atoms with Crippen molar-refractivity contribution >= 4 is 41.7 Å². The summed E-state index contributed by atoms with van der Waals surface area (Å²) in [7, 11) is 0. The van der Waals surface area contributed by atoms with Crippen LogP contribution in [0.4, 0.5) is 8.78 Å². The van der Waals surface area contributed by atoms with E-state index in [-0.39, 0.29) is 29.7 Å². The second-order valence-electron chi connectivity index (χ2n) is 6.30. The van der Waals surface area contributed by atoms with E-state index in [1.807, 2.05) is 18.7 Å². The molecule has 1 aromatic rings. The summed E-state index contributed by atoms with van der Waals surface area (Å²) < 4.78 is 34.9.